The van der Waals surface area contributed by atoms with Gasteiger partial charge in [0.15, 0.2) is 0 Å². The Morgan fingerprint density at radius 2 is 1.10 bits per heavy atom. The third kappa shape index (κ3) is 5.65. The van der Waals surface area contributed by atoms with Crippen LogP contribution in [0.15, 0.2) is 91.0 Å². The lowest BCUT2D eigenvalue weighted by Crippen LogP contribution is -2.05. The van der Waals surface area contributed by atoms with Gasteiger partial charge in [-0.2, -0.15) is 0 Å². The Hall–Kier alpha value is -1.83. The summed E-state index contributed by atoms with van der Waals surface area (Å²) >= 11 is 0. The van der Waals surface area contributed by atoms with Crippen molar-refractivity contribution in [1.29, 1.82) is 0 Å². The van der Waals surface area contributed by atoms with E-state index in [9.17, 15) is 0 Å². The highest BCUT2D eigenvalue weighted by molar-refractivity contribution is 8.24. The number of rotatable bonds is 3. The zero-order chi connectivity index (χ0) is 20.4. The predicted octanol–water partition coefficient (Wildman–Crippen LogP) is 9.45. The van der Waals surface area contributed by atoms with Crippen LogP contribution in [0, 0.1) is 0 Å². The molecular weight excluding hydrogens is 417 g/mol. The summed E-state index contributed by atoms with van der Waals surface area (Å²) in [7, 11) is 4.45. The van der Waals surface area contributed by atoms with E-state index in [4.69, 9.17) is 0 Å². The molecule has 1 aliphatic rings. The first-order valence-corrected chi connectivity index (χ1v) is 15.1. The summed E-state index contributed by atoms with van der Waals surface area (Å²) < 4.78 is 0. The number of hydrogen-bond donors (Lipinski definition) is 0. The maximum Gasteiger partial charge on any atom is 0.0220 e. The van der Waals surface area contributed by atoms with Crippen LogP contribution in [0.4, 0.5) is 0 Å². The Balaban J connectivity index is 1.99. The molecule has 0 spiro atoms. The van der Waals surface area contributed by atoms with Crippen LogP contribution in [0.1, 0.15) is 48.8 Å². The van der Waals surface area contributed by atoms with E-state index in [0.717, 1.165) is 6.42 Å². The molecule has 4 rings (SSSR count). The second-order valence-electron chi connectivity index (χ2n) is 7.52. The van der Waals surface area contributed by atoms with E-state index in [-0.39, 0.29) is 0 Å². The fourth-order valence-electron chi connectivity index (χ4n) is 3.92. The smallest absolute Gasteiger partial charge is 0.0220 e. The van der Waals surface area contributed by atoms with Gasteiger partial charge >= 0.3 is 0 Å². The van der Waals surface area contributed by atoms with Gasteiger partial charge in [-0.3, -0.25) is 0 Å². The lowest BCUT2D eigenvalue weighted by molar-refractivity contribution is 0.682. The molecule has 30 heavy (non-hydrogen) atoms. The molecule has 3 aromatic rings. The van der Waals surface area contributed by atoms with Crippen LogP contribution >= 0.6 is 23.3 Å². The minimum atomic E-state index is 1.13. The summed E-state index contributed by atoms with van der Waals surface area (Å²) in [6.45, 7) is 0. The molecule has 150 valence electrons. The quantitative estimate of drug-likeness (QED) is 0.353. The molecule has 1 heterocycles. The maximum atomic E-state index is 2.29. The first-order chi connectivity index (χ1) is 14.9. The van der Waals surface area contributed by atoms with Gasteiger partial charge in [0.05, 0.1) is 0 Å². The summed E-state index contributed by atoms with van der Waals surface area (Å²) in [5, 5.41) is 1.47. The lowest BCUT2D eigenvalue weighted by atomic mass is 9.87. The summed E-state index contributed by atoms with van der Waals surface area (Å²) in [5.41, 5.74) is 7.00. The van der Waals surface area contributed by atoms with Crippen LogP contribution in [-0.2, 0) is 0 Å². The Bertz CT molecular complexity index is 1020. The molecule has 0 unspecified atom stereocenters. The zero-order valence-electron chi connectivity index (χ0n) is 17.2. The number of benzene rings is 3. The summed E-state index contributed by atoms with van der Waals surface area (Å²) in [5.74, 6) is 0. The largest absolute Gasteiger partial charge is 0.0664 e. The number of allylic oxidation sites excluding steroid dienone is 2. The van der Waals surface area contributed by atoms with Gasteiger partial charge in [0.1, 0.15) is 0 Å². The topological polar surface area (TPSA) is 0 Å². The molecule has 0 radical (unpaired) electrons. The van der Waals surface area contributed by atoms with E-state index >= 15 is 0 Å². The van der Waals surface area contributed by atoms with Crippen LogP contribution in [0.3, 0.4) is 0 Å². The minimum Gasteiger partial charge on any atom is -0.0664 e. The average Bonchev–Trinajstić information content (AvgIpc) is 2.81. The van der Waals surface area contributed by atoms with Gasteiger partial charge in [0, 0.05) is 5.29 Å². The molecule has 0 aromatic heterocycles. The fourth-order valence-corrected chi connectivity index (χ4v) is 9.13. The highest BCUT2D eigenvalue weighted by Gasteiger charge is 2.18. The Kier molecular flexibility index (Phi) is 8.23. The first-order valence-electron chi connectivity index (χ1n) is 10.8. The van der Waals surface area contributed by atoms with Gasteiger partial charge in [-0.05, 0) is 68.7 Å². The normalized spacial score (nSPS) is 21.0. The van der Waals surface area contributed by atoms with E-state index in [1.807, 2.05) is 0 Å². The SMILES string of the molecule is c1ccc(C2=P\P=P/CCCCCC/C(c3ccccc3)=C\2c2ccccc2)cc1. The van der Waals surface area contributed by atoms with E-state index in [1.165, 1.54) is 80.4 Å². The van der Waals surface area contributed by atoms with E-state index in [2.05, 4.69) is 91.0 Å². The van der Waals surface area contributed by atoms with Gasteiger partial charge < -0.3 is 0 Å². The second kappa shape index (κ2) is 11.5. The summed E-state index contributed by atoms with van der Waals surface area (Å²) in [6.07, 6.45) is 7.76. The highest BCUT2D eigenvalue weighted by atomic mass is 32.2. The van der Waals surface area contributed by atoms with Gasteiger partial charge in [-0.15, -0.1) is 0 Å². The van der Waals surface area contributed by atoms with Crippen LogP contribution in [0.5, 0.6) is 0 Å². The van der Waals surface area contributed by atoms with Crippen molar-refractivity contribution >= 4 is 39.8 Å². The van der Waals surface area contributed by atoms with Crippen molar-refractivity contribution in [1.82, 2.24) is 0 Å². The van der Waals surface area contributed by atoms with Gasteiger partial charge in [0.25, 0.3) is 0 Å². The van der Waals surface area contributed by atoms with Crippen molar-refractivity contribution in [3.63, 3.8) is 0 Å². The molecule has 0 fully saturated rings. The van der Waals surface area contributed by atoms with E-state index in [1.54, 1.807) is 7.87 Å². The van der Waals surface area contributed by atoms with Crippen molar-refractivity contribution in [2.24, 2.45) is 0 Å². The molecule has 3 heteroatoms. The second-order valence-corrected chi connectivity index (χ2v) is 12.7. The molecule has 0 aliphatic carbocycles. The van der Waals surface area contributed by atoms with Crippen LogP contribution in [0.2, 0.25) is 0 Å². The van der Waals surface area contributed by atoms with Crippen molar-refractivity contribution in [2.75, 3.05) is 6.16 Å². The standard InChI is InChI=1S/C27H27P3/c1-2-13-21-28-30-29-27(24-18-10-5-11-19-24)26(23-16-8-4-9-17-23)25(20-12-1)22-14-6-3-7-15-22/h3-11,14-19H,1-2,12-13,20-21H2/b26-25+. The zero-order valence-corrected chi connectivity index (χ0v) is 19.9. The molecule has 1 aliphatic heterocycles. The van der Waals surface area contributed by atoms with Gasteiger partial charge in [-0.1, -0.05) is 112 Å². The van der Waals surface area contributed by atoms with E-state index in [0.29, 0.717) is 0 Å². The van der Waals surface area contributed by atoms with Crippen LogP contribution in [-0.4, -0.2) is 11.5 Å². The molecule has 0 amide bonds. The van der Waals surface area contributed by atoms with Gasteiger partial charge in [-0.25, -0.2) is 0 Å². The number of hydrogen-bond acceptors (Lipinski definition) is 0. The Morgan fingerprint density at radius 3 is 1.77 bits per heavy atom. The predicted molar refractivity (Wildman–Crippen MR) is 139 cm³/mol. The molecule has 0 saturated carbocycles. The Morgan fingerprint density at radius 1 is 0.533 bits per heavy atom. The molecule has 3 aromatic carbocycles. The lowest BCUT2D eigenvalue weighted by Gasteiger charge is -2.20. The highest BCUT2D eigenvalue weighted by Crippen LogP contribution is 2.41. The van der Waals surface area contributed by atoms with Crippen molar-refractivity contribution in [2.45, 2.75) is 32.1 Å². The maximum absolute atomic E-state index is 2.29. The average molecular weight is 444 g/mol. The van der Waals surface area contributed by atoms with Crippen LogP contribution in [0.25, 0.3) is 11.1 Å². The molecule has 0 atom stereocenters. The Labute approximate surface area is 185 Å². The minimum absolute atomic E-state index is 1.13. The molecule has 0 bridgehead atoms. The summed E-state index contributed by atoms with van der Waals surface area (Å²) in [4.78, 5) is 0. The third-order valence-electron chi connectivity index (χ3n) is 5.41. The monoisotopic (exact) mass is 444 g/mol. The molecule has 0 saturated heterocycles. The summed E-state index contributed by atoms with van der Waals surface area (Å²) in [6, 6.07) is 33.2. The first kappa shape index (κ1) is 21.4. The fraction of sp³-hybridized carbons (Fsp3) is 0.222. The van der Waals surface area contributed by atoms with E-state index < -0.39 is 0 Å². The van der Waals surface area contributed by atoms with Crippen molar-refractivity contribution in [3.05, 3.63) is 108 Å². The van der Waals surface area contributed by atoms with Crippen molar-refractivity contribution in [3.8, 4) is 0 Å². The van der Waals surface area contributed by atoms with Crippen molar-refractivity contribution < 1.29 is 0 Å². The molecule has 0 nitrogen and oxygen atoms in total. The van der Waals surface area contributed by atoms with Gasteiger partial charge in [0.2, 0.25) is 0 Å². The third-order valence-corrected chi connectivity index (χ3v) is 10.6. The van der Waals surface area contributed by atoms with Crippen LogP contribution < -0.4 is 0 Å². The molecule has 0 N–H and O–H groups in total. The molecular formula is C27H27P3.